The Kier molecular flexibility index (Phi) is 6.78. The van der Waals surface area contributed by atoms with E-state index in [4.69, 9.17) is 9.47 Å². The molecule has 0 aromatic heterocycles. The Hall–Kier alpha value is -2.37. The molecule has 128 valence electrons. The summed E-state index contributed by atoms with van der Waals surface area (Å²) in [5.41, 5.74) is 3.06. The van der Waals surface area contributed by atoms with Crippen molar-refractivity contribution >= 4 is 11.6 Å². The number of anilines is 1. The highest BCUT2D eigenvalue weighted by molar-refractivity contribution is 5.92. The minimum atomic E-state index is -0.0888. The molecule has 0 heterocycles. The van der Waals surface area contributed by atoms with Crippen LogP contribution in [0.1, 0.15) is 11.1 Å². The Morgan fingerprint density at radius 2 is 1.67 bits per heavy atom. The first-order chi connectivity index (χ1) is 11.6. The predicted molar refractivity (Wildman–Crippen MR) is 95.8 cm³/mol. The summed E-state index contributed by atoms with van der Waals surface area (Å²) in [6.07, 6.45) is 0. The average Bonchev–Trinajstić information content (AvgIpc) is 2.52. The van der Waals surface area contributed by atoms with Gasteiger partial charge < -0.3 is 20.1 Å². The number of aryl methyl sites for hydroxylation is 2. The van der Waals surface area contributed by atoms with Gasteiger partial charge in [-0.3, -0.25) is 4.79 Å². The van der Waals surface area contributed by atoms with Gasteiger partial charge in [0.1, 0.15) is 11.5 Å². The molecule has 2 N–H and O–H groups in total. The summed E-state index contributed by atoms with van der Waals surface area (Å²) >= 11 is 0. The summed E-state index contributed by atoms with van der Waals surface area (Å²) in [4.78, 5) is 11.8. The molecule has 0 saturated heterocycles. The highest BCUT2D eigenvalue weighted by Gasteiger charge is 2.03. The minimum absolute atomic E-state index is 0.0888. The third-order valence-corrected chi connectivity index (χ3v) is 3.34. The van der Waals surface area contributed by atoms with Crippen molar-refractivity contribution in [1.82, 2.24) is 5.32 Å². The van der Waals surface area contributed by atoms with E-state index in [1.165, 1.54) is 0 Å². The number of carbonyl (C=O) groups excluding carboxylic acids is 1. The summed E-state index contributed by atoms with van der Waals surface area (Å²) in [5.74, 6) is 1.46. The zero-order valence-electron chi connectivity index (χ0n) is 14.4. The van der Waals surface area contributed by atoms with E-state index in [-0.39, 0.29) is 12.5 Å². The van der Waals surface area contributed by atoms with Crippen molar-refractivity contribution in [3.63, 3.8) is 0 Å². The molecule has 0 atom stereocenters. The van der Waals surface area contributed by atoms with Gasteiger partial charge in [-0.1, -0.05) is 6.07 Å². The Morgan fingerprint density at radius 3 is 2.29 bits per heavy atom. The zero-order valence-corrected chi connectivity index (χ0v) is 14.4. The van der Waals surface area contributed by atoms with E-state index in [0.29, 0.717) is 13.2 Å². The minimum Gasteiger partial charge on any atom is -0.457 e. The highest BCUT2D eigenvalue weighted by atomic mass is 16.5. The number of methoxy groups -OCH3 is 1. The molecule has 0 aliphatic rings. The van der Waals surface area contributed by atoms with Crippen molar-refractivity contribution in [2.75, 3.05) is 32.1 Å². The molecule has 5 heteroatoms. The zero-order chi connectivity index (χ0) is 17.4. The first-order valence-electron chi connectivity index (χ1n) is 7.92. The van der Waals surface area contributed by atoms with Crippen LogP contribution >= 0.6 is 0 Å². The van der Waals surface area contributed by atoms with E-state index < -0.39 is 0 Å². The first kappa shape index (κ1) is 18.0. The molecule has 2 aromatic rings. The van der Waals surface area contributed by atoms with Gasteiger partial charge in [0.2, 0.25) is 5.91 Å². The third-order valence-electron chi connectivity index (χ3n) is 3.34. The van der Waals surface area contributed by atoms with Crippen molar-refractivity contribution in [2.24, 2.45) is 0 Å². The van der Waals surface area contributed by atoms with Gasteiger partial charge in [-0.25, -0.2) is 0 Å². The van der Waals surface area contributed by atoms with Crippen LogP contribution in [0.15, 0.2) is 42.5 Å². The molecule has 5 nitrogen and oxygen atoms in total. The van der Waals surface area contributed by atoms with Crippen molar-refractivity contribution < 1.29 is 14.3 Å². The normalized spacial score (nSPS) is 10.5. The van der Waals surface area contributed by atoms with E-state index in [2.05, 4.69) is 16.7 Å². The number of amides is 1. The first-order valence-corrected chi connectivity index (χ1v) is 7.92. The van der Waals surface area contributed by atoms with Gasteiger partial charge in [-0.05, 0) is 61.4 Å². The Labute approximate surface area is 143 Å². The van der Waals surface area contributed by atoms with Gasteiger partial charge in [0.25, 0.3) is 0 Å². The van der Waals surface area contributed by atoms with Gasteiger partial charge in [0, 0.05) is 19.3 Å². The molecule has 2 rings (SSSR count). The molecule has 0 bridgehead atoms. The summed E-state index contributed by atoms with van der Waals surface area (Å²) < 4.78 is 10.8. The van der Waals surface area contributed by atoms with Gasteiger partial charge in [0.05, 0.1) is 13.2 Å². The second-order valence-corrected chi connectivity index (χ2v) is 5.67. The molecule has 0 saturated carbocycles. The fraction of sp³-hybridized carbons (Fsp3) is 0.316. The number of benzene rings is 2. The van der Waals surface area contributed by atoms with E-state index in [9.17, 15) is 4.79 Å². The lowest BCUT2D eigenvalue weighted by molar-refractivity contribution is -0.115. The summed E-state index contributed by atoms with van der Waals surface area (Å²) in [7, 11) is 1.63. The highest BCUT2D eigenvalue weighted by Crippen LogP contribution is 2.24. The average molecular weight is 328 g/mol. The standard InChI is InChI=1S/C19H24N2O3/c1-14-10-15(2)12-18(11-14)24-17-6-4-16(5-7-17)21-19(22)13-20-8-9-23-3/h4-7,10-12,20H,8-9,13H2,1-3H3,(H,21,22). The van der Waals surface area contributed by atoms with Crippen molar-refractivity contribution in [3.8, 4) is 11.5 Å². The van der Waals surface area contributed by atoms with E-state index in [1.54, 1.807) is 7.11 Å². The molecular weight excluding hydrogens is 304 g/mol. The van der Waals surface area contributed by atoms with Gasteiger partial charge in [-0.2, -0.15) is 0 Å². The van der Waals surface area contributed by atoms with Crippen LogP contribution in [-0.2, 0) is 9.53 Å². The smallest absolute Gasteiger partial charge is 0.238 e. The number of hydrogen-bond acceptors (Lipinski definition) is 4. The SMILES string of the molecule is COCCNCC(=O)Nc1ccc(Oc2cc(C)cc(C)c2)cc1. The molecule has 24 heavy (non-hydrogen) atoms. The predicted octanol–water partition coefficient (Wildman–Crippen LogP) is 3.27. The molecular formula is C19H24N2O3. The van der Waals surface area contributed by atoms with E-state index in [1.807, 2.05) is 50.2 Å². The Morgan fingerprint density at radius 1 is 1.00 bits per heavy atom. The van der Waals surface area contributed by atoms with Crippen LogP contribution in [-0.4, -0.2) is 32.7 Å². The summed E-state index contributed by atoms with van der Waals surface area (Å²) in [6.45, 7) is 5.56. The van der Waals surface area contributed by atoms with Crippen LogP contribution in [0.2, 0.25) is 0 Å². The fourth-order valence-electron chi connectivity index (χ4n) is 2.32. The fourth-order valence-corrected chi connectivity index (χ4v) is 2.32. The molecule has 0 unspecified atom stereocenters. The van der Waals surface area contributed by atoms with Crippen LogP contribution in [0.25, 0.3) is 0 Å². The van der Waals surface area contributed by atoms with E-state index in [0.717, 1.165) is 28.3 Å². The van der Waals surface area contributed by atoms with Crippen LogP contribution in [0.5, 0.6) is 11.5 Å². The molecule has 0 aliphatic heterocycles. The second kappa shape index (κ2) is 9.05. The van der Waals surface area contributed by atoms with Crippen LogP contribution in [0.3, 0.4) is 0 Å². The number of rotatable bonds is 8. The maximum absolute atomic E-state index is 11.8. The number of nitrogens with one attached hydrogen (secondary N) is 2. The molecule has 0 radical (unpaired) electrons. The van der Waals surface area contributed by atoms with Gasteiger partial charge in [0.15, 0.2) is 0 Å². The Bertz CT molecular complexity index is 649. The lowest BCUT2D eigenvalue weighted by Crippen LogP contribution is -2.30. The number of hydrogen-bond donors (Lipinski definition) is 2. The van der Waals surface area contributed by atoms with Crippen molar-refractivity contribution in [2.45, 2.75) is 13.8 Å². The third kappa shape index (κ3) is 6.02. The topological polar surface area (TPSA) is 59.6 Å². The molecule has 0 fully saturated rings. The largest absolute Gasteiger partial charge is 0.457 e. The molecule has 0 aliphatic carbocycles. The Balaban J connectivity index is 1.87. The van der Waals surface area contributed by atoms with E-state index >= 15 is 0 Å². The summed E-state index contributed by atoms with van der Waals surface area (Å²) in [6, 6.07) is 13.4. The van der Waals surface area contributed by atoms with Crippen molar-refractivity contribution in [3.05, 3.63) is 53.6 Å². The van der Waals surface area contributed by atoms with Crippen LogP contribution in [0.4, 0.5) is 5.69 Å². The monoisotopic (exact) mass is 328 g/mol. The molecule has 1 amide bonds. The van der Waals surface area contributed by atoms with Crippen molar-refractivity contribution in [1.29, 1.82) is 0 Å². The van der Waals surface area contributed by atoms with Gasteiger partial charge >= 0.3 is 0 Å². The van der Waals surface area contributed by atoms with Crippen LogP contribution in [0, 0.1) is 13.8 Å². The van der Waals surface area contributed by atoms with Crippen LogP contribution < -0.4 is 15.4 Å². The lowest BCUT2D eigenvalue weighted by atomic mass is 10.1. The maximum Gasteiger partial charge on any atom is 0.238 e. The second-order valence-electron chi connectivity index (χ2n) is 5.67. The lowest BCUT2D eigenvalue weighted by Gasteiger charge is -2.10. The number of carbonyl (C=O) groups is 1. The quantitative estimate of drug-likeness (QED) is 0.730. The summed E-state index contributed by atoms with van der Waals surface area (Å²) in [5, 5.41) is 5.83. The molecule has 0 spiro atoms. The maximum atomic E-state index is 11.8. The molecule has 2 aromatic carbocycles. The number of ether oxygens (including phenoxy) is 2. The van der Waals surface area contributed by atoms with Gasteiger partial charge in [-0.15, -0.1) is 0 Å².